The van der Waals surface area contributed by atoms with Crippen LogP contribution in [0.3, 0.4) is 0 Å². The summed E-state index contributed by atoms with van der Waals surface area (Å²) in [6, 6.07) is 25.7. The summed E-state index contributed by atoms with van der Waals surface area (Å²) < 4.78 is 11.0. The van der Waals surface area contributed by atoms with Gasteiger partial charge in [0.25, 0.3) is 0 Å². The van der Waals surface area contributed by atoms with Crippen LogP contribution in [-0.4, -0.2) is 45.4 Å². The number of anilines is 1. The summed E-state index contributed by atoms with van der Waals surface area (Å²) in [5.74, 6) is 0.905. The van der Waals surface area contributed by atoms with Gasteiger partial charge in [0.15, 0.2) is 0 Å². The van der Waals surface area contributed by atoms with Crippen LogP contribution in [-0.2, 0) is 17.8 Å². The number of hydrogen-bond donors (Lipinski definition) is 0. The number of ether oxygens (including phenoxy) is 2. The summed E-state index contributed by atoms with van der Waals surface area (Å²) in [6.45, 7) is 5.37. The molecule has 30 heavy (non-hydrogen) atoms. The molecule has 0 radical (unpaired) electrons. The van der Waals surface area contributed by atoms with Crippen LogP contribution in [0, 0.1) is 0 Å². The van der Waals surface area contributed by atoms with Crippen molar-refractivity contribution in [2.24, 2.45) is 0 Å². The average Bonchev–Trinajstić information content (AvgIpc) is 2.80. The smallest absolute Gasteiger partial charge is 0.126 e. The molecule has 0 amide bonds. The van der Waals surface area contributed by atoms with Crippen LogP contribution in [0.25, 0.3) is 11.1 Å². The maximum absolute atomic E-state index is 5.52. The Kier molecular flexibility index (Phi) is 6.67. The Morgan fingerprint density at radius 3 is 2.33 bits per heavy atom. The normalized spacial score (nSPS) is 14.2. The van der Waals surface area contributed by atoms with E-state index in [2.05, 4.69) is 71.4 Å². The number of para-hydroxylation sites is 2. The Morgan fingerprint density at radius 1 is 0.867 bits per heavy atom. The van der Waals surface area contributed by atoms with Gasteiger partial charge in [0.1, 0.15) is 5.75 Å². The van der Waals surface area contributed by atoms with Crippen molar-refractivity contribution >= 4 is 5.69 Å². The first kappa shape index (κ1) is 20.5. The summed E-state index contributed by atoms with van der Waals surface area (Å²) in [4.78, 5) is 4.81. The fraction of sp³-hybridized carbons (Fsp3) is 0.308. The summed E-state index contributed by atoms with van der Waals surface area (Å²) in [6.07, 6.45) is 0. The van der Waals surface area contributed by atoms with Gasteiger partial charge in [-0.1, -0.05) is 60.7 Å². The first-order valence-electron chi connectivity index (χ1n) is 10.6. The van der Waals surface area contributed by atoms with E-state index in [-0.39, 0.29) is 0 Å². The van der Waals surface area contributed by atoms with Gasteiger partial charge in [-0.2, -0.15) is 0 Å². The fourth-order valence-electron chi connectivity index (χ4n) is 4.09. The van der Waals surface area contributed by atoms with Crippen molar-refractivity contribution in [3.05, 3.63) is 83.9 Å². The first-order valence-corrected chi connectivity index (χ1v) is 10.6. The van der Waals surface area contributed by atoms with Crippen molar-refractivity contribution in [1.29, 1.82) is 0 Å². The number of benzene rings is 3. The zero-order chi connectivity index (χ0) is 20.8. The molecule has 0 spiro atoms. The van der Waals surface area contributed by atoms with Crippen molar-refractivity contribution < 1.29 is 9.47 Å². The van der Waals surface area contributed by atoms with E-state index in [0.717, 1.165) is 50.7 Å². The number of nitrogens with zero attached hydrogens (tertiary/aromatic N) is 2. The van der Waals surface area contributed by atoms with E-state index in [1.165, 1.54) is 22.4 Å². The molecule has 1 aliphatic heterocycles. The highest BCUT2D eigenvalue weighted by Gasteiger charge is 2.15. The van der Waals surface area contributed by atoms with Crippen molar-refractivity contribution in [3.63, 3.8) is 0 Å². The molecule has 4 heteroatoms. The van der Waals surface area contributed by atoms with Gasteiger partial charge in [-0.3, -0.25) is 4.90 Å². The summed E-state index contributed by atoms with van der Waals surface area (Å²) in [5.41, 5.74) is 6.31. The molecule has 0 aliphatic carbocycles. The van der Waals surface area contributed by atoms with Gasteiger partial charge in [0.05, 0.1) is 20.3 Å². The molecule has 0 saturated carbocycles. The zero-order valence-electron chi connectivity index (χ0n) is 17.9. The molecule has 0 aromatic heterocycles. The SMILES string of the molecule is COc1ccccc1-c1ccc(CN(C)Cc2ccccc2N2CCOCC2)cc1. The highest BCUT2D eigenvalue weighted by atomic mass is 16.5. The largest absolute Gasteiger partial charge is 0.496 e. The minimum absolute atomic E-state index is 0.808. The van der Waals surface area contributed by atoms with Crippen LogP contribution in [0.4, 0.5) is 5.69 Å². The predicted octanol–water partition coefficient (Wildman–Crippen LogP) is 4.83. The van der Waals surface area contributed by atoms with Crippen molar-refractivity contribution in [2.75, 3.05) is 45.4 Å². The molecular formula is C26H30N2O2. The molecule has 0 unspecified atom stereocenters. The second-order valence-corrected chi connectivity index (χ2v) is 7.80. The molecule has 3 aromatic rings. The van der Waals surface area contributed by atoms with Crippen LogP contribution in [0.1, 0.15) is 11.1 Å². The van der Waals surface area contributed by atoms with Gasteiger partial charge < -0.3 is 14.4 Å². The van der Waals surface area contributed by atoms with Crippen molar-refractivity contribution in [2.45, 2.75) is 13.1 Å². The lowest BCUT2D eigenvalue weighted by molar-refractivity contribution is 0.122. The number of morpholine rings is 1. The quantitative estimate of drug-likeness (QED) is 0.565. The van der Waals surface area contributed by atoms with Crippen LogP contribution < -0.4 is 9.64 Å². The molecule has 1 aliphatic rings. The second-order valence-electron chi connectivity index (χ2n) is 7.80. The fourth-order valence-corrected chi connectivity index (χ4v) is 4.09. The van der Waals surface area contributed by atoms with Gasteiger partial charge in [-0.15, -0.1) is 0 Å². The minimum atomic E-state index is 0.808. The van der Waals surface area contributed by atoms with E-state index in [4.69, 9.17) is 9.47 Å². The lowest BCUT2D eigenvalue weighted by atomic mass is 10.0. The van der Waals surface area contributed by atoms with Crippen molar-refractivity contribution in [3.8, 4) is 16.9 Å². The Bertz CT molecular complexity index is 949. The molecule has 0 atom stereocenters. The lowest BCUT2D eigenvalue weighted by Crippen LogP contribution is -2.37. The summed E-state index contributed by atoms with van der Waals surface area (Å²) >= 11 is 0. The van der Waals surface area contributed by atoms with E-state index in [1.54, 1.807) is 7.11 Å². The lowest BCUT2D eigenvalue weighted by Gasteiger charge is -2.31. The van der Waals surface area contributed by atoms with E-state index in [0.29, 0.717) is 0 Å². The number of methoxy groups -OCH3 is 1. The predicted molar refractivity (Wildman–Crippen MR) is 123 cm³/mol. The Balaban J connectivity index is 1.43. The van der Waals surface area contributed by atoms with Crippen LogP contribution >= 0.6 is 0 Å². The third-order valence-electron chi connectivity index (χ3n) is 5.61. The van der Waals surface area contributed by atoms with Crippen LogP contribution in [0.5, 0.6) is 5.75 Å². The third kappa shape index (κ3) is 4.84. The molecule has 1 heterocycles. The Hall–Kier alpha value is -2.82. The average molecular weight is 403 g/mol. The van der Waals surface area contributed by atoms with E-state index < -0.39 is 0 Å². The Labute approximate surface area is 179 Å². The molecule has 3 aromatic carbocycles. The first-order chi connectivity index (χ1) is 14.7. The maximum Gasteiger partial charge on any atom is 0.126 e. The molecular weight excluding hydrogens is 372 g/mol. The monoisotopic (exact) mass is 402 g/mol. The van der Waals surface area contributed by atoms with Crippen LogP contribution in [0.15, 0.2) is 72.8 Å². The highest BCUT2D eigenvalue weighted by Crippen LogP contribution is 2.30. The third-order valence-corrected chi connectivity index (χ3v) is 5.61. The molecule has 0 N–H and O–H groups in total. The zero-order valence-corrected chi connectivity index (χ0v) is 17.9. The summed E-state index contributed by atoms with van der Waals surface area (Å²) in [5, 5.41) is 0. The van der Waals surface area contributed by atoms with E-state index >= 15 is 0 Å². The topological polar surface area (TPSA) is 24.9 Å². The second kappa shape index (κ2) is 9.79. The number of hydrogen-bond acceptors (Lipinski definition) is 4. The summed E-state index contributed by atoms with van der Waals surface area (Å²) in [7, 11) is 3.90. The minimum Gasteiger partial charge on any atom is -0.496 e. The Morgan fingerprint density at radius 2 is 1.57 bits per heavy atom. The van der Waals surface area contributed by atoms with E-state index in [9.17, 15) is 0 Å². The van der Waals surface area contributed by atoms with Gasteiger partial charge >= 0.3 is 0 Å². The van der Waals surface area contributed by atoms with Crippen molar-refractivity contribution in [1.82, 2.24) is 4.90 Å². The van der Waals surface area contributed by atoms with Crippen LogP contribution in [0.2, 0.25) is 0 Å². The van der Waals surface area contributed by atoms with E-state index in [1.807, 2.05) is 18.2 Å². The van der Waals surface area contributed by atoms with Gasteiger partial charge in [-0.05, 0) is 35.9 Å². The number of rotatable bonds is 7. The standard InChI is InChI=1S/C26H30N2O2/c1-27(20-23-7-3-5-9-25(23)28-15-17-30-18-16-28)19-21-11-13-22(14-12-21)24-8-4-6-10-26(24)29-2/h3-14H,15-20H2,1-2H3. The maximum atomic E-state index is 5.52. The molecule has 4 nitrogen and oxygen atoms in total. The molecule has 4 rings (SSSR count). The van der Waals surface area contributed by atoms with Gasteiger partial charge in [0, 0.05) is 37.4 Å². The molecule has 0 bridgehead atoms. The van der Waals surface area contributed by atoms with Gasteiger partial charge in [0.2, 0.25) is 0 Å². The molecule has 1 fully saturated rings. The molecule has 156 valence electrons. The molecule has 1 saturated heterocycles. The highest BCUT2D eigenvalue weighted by molar-refractivity contribution is 5.70. The van der Waals surface area contributed by atoms with Gasteiger partial charge in [-0.25, -0.2) is 0 Å².